The van der Waals surface area contributed by atoms with Crippen LogP contribution in [0.5, 0.6) is 5.75 Å². The number of benzene rings is 4. The number of amides is 2. The van der Waals surface area contributed by atoms with Crippen LogP contribution in [0.1, 0.15) is 44.9 Å². The van der Waals surface area contributed by atoms with Crippen molar-refractivity contribution in [2.45, 2.75) is 19.5 Å². The standard InChI is InChI=1S/C31H29N3O3/c1-2-37-26-17-15-25(16-18-26)34-29(27-13-6-7-14-28(27)31(34)36)33-24-12-8-11-23(21-24)30(35)32-20-19-22-9-4-3-5-10-22/h3-18,21,29,33H,2,19-20H2,1H3,(H,32,35). The molecule has 0 spiro atoms. The Morgan fingerprint density at radius 1 is 0.892 bits per heavy atom. The van der Waals surface area contributed by atoms with Crippen molar-refractivity contribution in [3.63, 3.8) is 0 Å². The number of nitrogens with zero attached hydrogens (tertiary/aromatic N) is 1. The van der Waals surface area contributed by atoms with E-state index >= 15 is 0 Å². The van der Waals surface area contributed by atoms with Crippen molar-refractivity contribution < 1.29 is 14.3 Å². The monoisotopic (exact) mass is 491 g/mol. The highest BCUT2D eigenvalue weighted by Crippen LogP contribution is 2.38. The van der Waals surface area contributed by atoms with Crippen LogP contribution in [0.15, 0.2) is 103 Å². The van der Waals surface area contributed by atoms with Crippen molar-refractivity contribution in [3.8, 4) is 5.75 Å². The van der Waals surface area contributed by atoms with E-state index in [4.69, 9.17) is 4.74 Å². The van der Waals surface area contributed by atoms with Gasteiger partial charge in [0, 0.05) is 34.6 Å². The summed E-state index contributed by atoms with van der Waals surface area (Å²) in [5.74, 6) is 0.545. The van der Waals surface area contributed by atoms with Gasteiger partial charge in [0.1, 0.15) is 11.9 Å². The molecular formula is C31H29N3O3. The molecule has 4 aromatic carbocycles. The van der Waals surface area contributed by atoms with Crippen LogP contribution in [0, 0.1) is 0 Å². The molecule has 186 valence electrons. The zero-order chi connectivity index (χ0) is 25.6. The minimum absolute atomic E-state index is 0.0768. The molecule has 6 heteroatoms. The summed E-state index contributed by atoms with van der Waals surface area (Å²) in [5.41, 5.74) is 4.79. The molecule has 1 aliphatic heterocycles. The summed E-state index contributed by atoms with van der Waals surface area (Å²) in [6.45, 7) is 3.07. The van der Waals surface area contributed by atoms with Gasteiger partial charge in [-0.3, -0.25) is 14.5 Å². The van der Waals surface area contributed by atoms with E-state index in [9.17, 15) is 9.59 Å². The maximum Gasteiger partial charge on any atom is 0.260 e. The Bertz CT molecular complexity index is 1390. The molecule has 0 bridgehead atoms. The topological polar surface area (TPSA) is 70.7 Å². The summed E-state index contributed by atoms with van der Waals surface area (Å²) < 4.78 is 5.57. The third kappa shape index (κ3) is 5.33. The summed E-state index contributed by atoms with van der Waals surface area (Å²) in [5, 5.41) is 6.48. The lowest BCUT2D eigenvalue weighted by molar-refractivity contribution is 0.0952. The van der Waals surface area contributed by atoms with Gasteiger partial charge in [-0.2, -0.15) is 0 Å². The van der Waals surface area contributed by atoms with Crippen molar-refractivity contribution in [2.75, 3.05) is 23.4 Å². The molecule has 0 aliphatic carbocycles. The van der Waals surface area contributed by atoms with Crippen molar-refractivity contribution in [2.24, 2.45) is 0 Å². The molecule has 37 heavy (non-hydrogen) atoms. The van der Waals surface area contributed by atoms with E-state index in [1.807, 2.05) is 104 Å². The van der Waals surface area contributed by atoms with Gasteiger partial charge < -0.3 is 15.4 Å². The lowest BCUT2D eigenvalue weighted by Crippen LogP contribution is -2.32. The number of hydrogen-bond donors (Lipinski definition) is 2. The van der Waals surface area contributed by atoms with Gasteiger partial charge in [-0.05, 0) is 67.4 Å². The highest BCUT2D eigenvalue weighted by atomic mass is 16.5. The molecule has 0 fully saturated rings. The summed E-state index contributed by atoms with van der Waals surface area (Å²) in [6.07, 6.45) is 0.348. The number of ether oxygens (including phenoxy) is 1. The molecular weight excluding hydrogens is 462 g/mol. The van der Waals surface area contributed by atoms with Gasteiger partial charge >= 0.3 is 0 Å². The third-order valence-corrected chi connectivity index (χ3v) is 6.36. The van der Waals surface area contributed by atoms with E-state index in [-0.39, 0.29) is 11.8 Å². The second-order valence-electron chi connectivity index (χ2n) is 8.81. The van der Waals surface area contributed by atoms with Crippen molar-refractivity contribution >= 4 is 23.2 Å². The molecule has 1 heterocycles. The highest BCUT2D eigenvalue weighted by molar-refractivity contribution is 6.11. The predicted molar refractivity (Wildman–Crippen MR) is 146 cm³/mol. The molecule has 1 aliphatic rings. The summed E-state index contributed by atoms with van der Waals surface area (Å²) in [7, 11) is 0. The second kappa shape index (κ2) is 11.0. The van der Waals surface area contributed by atoms with Crippen LogP contribution in [-0.4, -0.2) is 25.0 Å². The van der Waals surface area contributed by atoms with Crippen molar-refractivity contribution in [1.82, 2.24) is 5.32 Å². The van der Waals surface area contributed by atoms with E-state index in [1.54, 1.807) is 11.0 Å². The largest absolute Gasteiger partial charge is 0.494 e. The van der Waals surface area contributed by atoms with Gasteiger partial charge in [0.15, 0.2) is 0 Å². The van der Waals surface area contributed by atoms with Crippen LogP contribution in [-0.2, 0) is 6.42 Å². The zero-order valence-electron chi connectivity index (χ0n) is 20.7. The molecule has 4 aromatic rings. The van der Waals surface area contributed by atoms with Gasteiger partial charge in [-0.25, -0.2) is 0 Å². The first-order valence-corrected chi connectivity index (χ1v) is 12.5. The molecule has 1 atom stereocenters. The maximum atomic E-state index is 13.4. The quantitative estimate of drug-likeness (QED) is 0.309. The van der Waals surface area contributed by atoms with Crippen LogP contribution >= 0.6 is 0 Å². The molecule has 2 amide bonds. The van der Waals surface area contributed by atoms with Crippen molar-refractivity contribution in [3.05, 3.63) is 125 Å². The minimum Gasteiger partial charge on any atom is -0.494 e. The fraction of sp³-hybridized carbons (Fsp3) is 0.161. The maximum absolute atomic E-state index is 13.4. The zero-order valence-corrected chi connectivity index (χ0v) is 20.7. The Balaban J connectivity index is 1.35. The average Bonchev–Trinajstić information content (AvgIpc) is 3.21. The molecule has 1 unspecified atom stereocenters. The predicted octanol–water partition coefficient (Wildman–Crippen LogP) is 5.83. The number of carbonyl (C=O) groups is 2. The fourth-order valence-corrected chi connectivity index (χ4v) is 4.57. The number of anilines is 2. The Morgan fingerprint density at radius 3 is 2.43 bits per heavy atom. The average molecular weight is 492 g/mol. The number of hydrogen-bond acceptors (Lipinski definition) is 4. The summed E-state index contributed by atoms with van der Waals surface area (Å²) in [6, 6.07) is 32.5. The molecule has 5 rings (SSSR count). The Kier molecular flexibility index (Phi) is 7.17. The number of carbonyl (C=O) groups excluding carboxylic acids is 2. The molecule has 6 nitrogen and oxygen atoms in total. The van der Waals surface area contributed by atoms with Gasteiger partial charge in [-0.1, -0.05) is 54.6 Å². The second-order valence-corrected chi connectivity index (χ2v) is 8.81. The van der Waals surface area contributed by atoms with Crippen LogP contribution in [0.4, 0.5) is 11.4 Å². The first-order valence-electron chi connectivity index (χ1n) is 12.5. The van der Waals surface area contributed by atoms with Crippen LogP contribution in [0.3, 0.4) is 0 Å². The van der Waals surface area contributed by atoms with E-state index in [0.29, 0.717) is 24.3 Å². The summed E-state index contributed by atoms with van der Waals surface area (Å²) in [4.78, 5) is 28.0. The van der Waals surface area contributed by atoms with Gasteiger partial charge in [0.2, 0.25) is 0 Å². The highest BCUT2D eigenvalue weighted by Gasteiger charge is 2.37. The van der Waals surface area contributed by atoms with E-state index < -0.39 is 6.17 Å². The number of nitrogens with one attached hydrogen (secondary N) is 2. The Hall–Kier alpha value is -4.58. The van der Waals surface area contributed by atoms with Gasteiger partial charge in [-0.15, -0.1) is 0 Å². The van der Waals surface area contributed by atoms with E-state index in [1.165, 1.54) is 5.56 Å². The number of rotatable bonds is 9. The fourth-order valence-electron chi connectivity index (χ4n) is 4.57. The summed E-state index contributed by atoms with van der Waals surface area (Å²) >= 11 is 0. The first-order chi connectivity index (χ1) is 18.1. The minimum atomic E-state index is -0.418. The third-order valence-electron chi connectivity index (χ3n) is 6.36. The van der Waals surface area contributed by atoms with Gasteiger partial charge in [0.25, 0.3) is 11.8 Å². The Labute approximate surface area is 216 Å². The molecule has 0 radical (unpaired) electrons. The normalized spacial score (nSPS) is 14.2. The number of fused-ring (bicyclic) bond motifs is 1. The van der Waals surface area contributed by atoms with Crippen LogP contribution < -0.4 is 20.3 Å². The smallest absolute Gasteiger partial charge is 0.260 e. The van der Waals surface area contributed by atoms with Crippen molar-refractivity contribution in [1.29, 1.82) is 0 Å². The molecule has 2 N–H and O–H groups in total. The van der Waals surface area contributed by atoms with E-state index in [2.05, 4.69) is 10.6 Å². The molecule has 0 saturated carbocycles. The Morgan fingerprint density at radius 2 is 1.65 bits per heavy atom. The van der Waals surface area contributed by atoms with Crippen LogP contribution in [0.2, 0.25) is 0 Å². The lowest BCUT2D eigenvalue weighted by atomic mass is 10.1. The van der Waals surface area contributed by atoms with E-state index in [0.717, 1.165) is 29.1 Å². The SMILES string of the molecule is CCOc1ccc(N2C(=O)c3ccccc3C2Nc2cccc(C(=O)NCCc3ccccc3)c2)cc1. The first kappa shape index (κ1) is 24.1. The van der Waals surface area contributed by atoms with Crippen LogP contribution in [0.25, 0.3) is 0 Å². The molecule has 0 saturated heterocycles. The molecule has 0 aromatic heterocycles. The lowest BCUT2D eigenvalue weighted by Gasteiger charge is -2.27. The van der Waals surface area contributed by atoms with Gasteiger partial charge in [0.05, 0.1) is 6.61 Å².